The Hall–Kier alpha value is -1.64. The Morgan fingerprint density at radius 3 is 1.05 bits per heavy atom. The van der Waals surface area contributed by atoms with Crippen LogP contribution in [-0.2, 0) is 13.1 Å². The number of nitrogens with zero attached hydrogens (tertiary/aromatic N) is 2. The van der Waals surface area contributed by atoms with Crippen LogP contribution in [-0.4, -0.2) is 49.2 Å². The average molecular weight is 603 g/mol. The topological polar surface area (TPSA) is 0 Å². The molecule has 2 aromatic rings. The predicted molar refractivity (Wildman–Crippen MR) is 192 cm³/mol. The molecule has 2 heteroatoms. The van der Waals surface area contributed by atoms with Crippen molar-refractivity contribution in [1.82, 2.24) is 0 Å². The van der Waals surface area contributed by atoms with Gasteiger partial charge in [0.1, 0.15) is 13.1 Å². The van der Waals surface area contributed by atoms with Crippen LogP contribution in [0, 0.1) is 21.7 Å². The molecule has 4 rings (SSSR count). The summed E-state index contributed by atoms with van der Waals surface area (Å²) >= 11 is 0. The maximum absolute atomic E-state index is 2.50. The minimum absolute atomic E-state index is 0.263. The van der Waals surface area contributed by atoms with E-state index < -0.39 is 0 Å². The fourth-order valence-electron chi connectivity index (χ4n) is 8.01. The number of piperidine rings is 2. The highest BCUT2D eigenvalue weighted by Crippen LogP contribution is 2.47. The first kappa shape index (κ1) is 35.2. The number of quaternary nitrogens is 2. The third-order valence-electron chi connectivity index (χ3n) is 11.4. The van der Waals surface area contributed by atoms with E-state index in [1.165, 1.54) is 95.9 Å². The molecule has 2 nitrogen and oxygen atoms in total. The first-order chi connectivity index (χ1) is 20.1. The van der Waals surface area contributed by atoms with Crippen molar-refractivity contribution in [2.24, 2.45) is 21.7 Å². The maximum atomic E-state index is 2.50. The zero-order valence-electron chi connectivity index (χ0n) is 31.2. The number of hydrogen-bond donors (Lipinski definition) is 0. The van der Waals surface area contributed by atoms with Crippen LogP contribution in [0.15, 0.2) is 48.5 Å². The summed E-state index contributed by atoms with van der Waals surface area (Å²) in [5.74, 6) is 1.01. The lowest BCUT2D eigenvalue weighted by molar-refractivity contribution is -0.929. The normalized spacial score (nSPS) is 22.7. The van der Waals surface area contributed by atoms with Crippen LogP contribution in [0.2, 0.25) is 0 Å². The Bertz CT molecular complexity index is 1080. The van der Waals surface area contributed by atoms with Crippen LogP contribution in [0.1, 0.15) is 142 Å². The zero-order chi connectivity index (χ0) is 32.6. The van der Waals surface area contributed by atoms with E-state index in [1.54, 1.807) is 0 Å². The molecule has 0 saturated carbocycles. The molecule has 2 aliphatic rings. The number of rotatable bonds is 9. The molecule has 0 bridgehead atoms. The van der Waals surface area contributed by atoms with Crippen molar-refractivity contribution >= 4 is 0 Å². The van der Waals surface area contributed by atoms with Crippen LogP contribution in [0.25, 0.3) is 0 Å². The monoisotopic (exact) mass is 603 g/mol. The molecule has 2 fully saturated rings. The second-order valence-electron chi connectivity index (χ2n) is 20.0. The fraction of sp³-hybridized carbons (Fsp3) is 0.714. The molecule has 0 aromatic heterocycles. The van der Waals surface area contributed by atoms with Crippen LogP contribution in [0.4, 0.5) is 0 Å². The summed E-state index contributed by atoms with van der Waals surface area (Å²) in [5, 5.41) is 0. The molecule has 0 amide bonds. The molecule has 2 unspecified atom stereocenters. The third-order valence-corrected chi connectivity index (χ3v) is 11.4. The van der Waals surface area contributed by atoms with E-state index >= 15 is 0 Å². The van der Waals surface area contributed by atoms with Crippen LogP contribution in [0.3, 0.4) is 0 Å². The molecule has 0 spiro atoms. The lowest BCUT2D eigenvalue weighted by Crippen LogP contribution is -2.50. The highest BCUT2D eigenvalue weighted by Gasteiger charge is 2.36. The van der Waals surface area contributed by atoms with Gasteiger partial charge in [0, 0.05) is 36.8 Å². The molecule has 2 saturated heterocycles. The Balaban J connectivity index is 1.57. The van der Waals surface area contributed by atoms with Crippen molar-refractivity contribution < 1.29 is 8.97 Å². The van der Waals surface area contributed by atoms with Crippen molar-refractivity contribution in [2.75, 3.05) is 40.3 Å². The summed E-state index contributed by atoms with van der Waals surface area (Å²) < 4.78 is 2.37. The van der Waals surface area contributed by atoms with Gasteiger partial charge in [-0.2, -0.15) is 0 Å². The molecule has 246 valence electrons. The average Bonchev–Trinajstić information content (AvgIpc) is 2.90. The van der Waals surface area contributed by atoms with E-state index in [0.29, 0.717) is 22.7 Å². The summed E-state index contributed by atoms with van der Waals surface area (Å²) in [6.07, 6.45) is 7.72. The maximum Gasteiger partial charge on any atom is 0.104 e. The van der Waals surface area contributed by atoms with Gasteiger partial charge in [0.05, 0.1) is 40.3 Å². The fourth-order valence-corrected chi connectivity index (χ4v) is 8.01. The van der Waals surface area contributed by atoms with Crippen molar-refractivity contribution in [3.8, 4) is 0 Å². The van der Waals surface area contributed by atoms with Gasteiger partial charge >= 0.3 is 0 Å². The van der Waals surface area contributed by atoms with E-state index in [9.17, 15) is 0 Å². The Kier molecular flexibility index (Phi) is 10.3. The lowest BCUT2D eigenvalue weighted by Gasteiger charge is -2.44. The third kappa shape index (κ3) is 10.2. The quantitative estimate of drug-likeness (QED) is 0.250. The predicted octanol–water partition coefficient (Wildman–Crippen LogP) is 11.0. The molecule has 2 atom stereocenters. The zero-order valence-corrected chi connectivity index (χ0v) is 31.2. The molecule has 2 heterocycles. The molecular weight excluding hydrogens is 532 g/mol. The molecule has 2 aromatic carbocycles. The molecule has 0 aliphatic carbocycles. The van der Waals surface area contributed by atoms with E-state index in [2.05, 4.69) is 132 Å². The summed E-state index contributed by atoms with van der Waals surface area (Å²) in [6, 6.07) is 19.9. The first-order valence-corrected chi connectivity index (χ1v) is 18.0. The minimum Gasteiger partial charge on any atom is -0.322 e. The van der Waals surface area contributed by atoms with Gasteiger partial charge in [0.2, 0.25) is 0 Å². The van der Waals surface area contributed by atoms with E-state index in [-0.39, 0.29) is 10.8 Å². The summed E-state index contributed by atoms with van der Waals surface area (Å²) in [5.41, 5.74) is 7.59. The Labute approximate surface area is 273 Å². The number of likely N-dealkylation sites (tertiary alicyclic amines) is 2. The van der Waals surface area contributed by atoms with Crippen molar-refractivity contribution in [3.63, 3.8) is 0 Å². The van der Waals surface area contributed by atoms with Gasteiger partial charge < -0.3 is 8.97 Å². The van der Waals surface area contributed by atoms with Crippen molar-refractivity contribution in [3.05, 3.63) is 70.8 Å². The molecular formula is C42H70N2+2. The lowest BCUT2D eigenvalue weighted by atomic mass is 9.68. The highest BCUT2D eigenvalue weighted by molar-refractivity contribution is 5.33. The Morgan fingerprint density at radius 1 is 0.523 bits per heavy atom. The minimum atomic E-state index is 0.263. The van der Waals surface area contributed by atoms with E-state index in [0.717, 1.165) is 13.1 Å². The smallest absolute Gasteiger partial charge is 0.104 e. The summed E-state index contributed by atoms with van der Waals surface area (Å²) in [7, 11) is 4.95. The molecule has 2 aliphatic heterocycles. The van der Waals surface area contributed by atoms with Crippen LogP contribution < -0.4 is 0 Å². The standard InChI is InChI=1S/C42H70N2/c1-39(2,3)29-37(35-17-13-33(14-18-35)31-43(11)25-21-41(7,8)22-26-43)38(30-40(4,5)6)36-19-15-34(16-20-36)32-44(12)27-23-42(9,10)24-28-44/h13-20,37-38H,21-32H2,1-12H3/q+2. The van der Waals surface area contributed by atoms with Gasteiger partial charge in [-0.25, -0.2) is 0 Å². The second kappa shape index (κ2) is 12.9. The van der Waals surface area contributed by atoms with Crippen LogP contribution >= 0.6 is 0 Å². The van der Waals surface area contributed by atoms with Gasteiger partial charge in [-0.15, -0.1) is 0 Å². The van der Waals surface area contributed by atoms with Gasteiger partial charge in [0.25, 0.3) is 0 Å². The number of benzene rings is 2. The first-order valence-electron chi connectivity index (χ1n) is 18.0. The van der Waals surface area contributed by atoms with Gasteiger partial charge in [-0.05, 0) is 57.5 Å². The van der Waals surface area contributed by atoms with Crippen molar-refractivity contribution in [2.45, 2.75) is 133 Å². The number of hydrogen-bond acceptors (Lipinski definition) is 0. The second-order valence-corrected chi connectivity index (χ2v) is 20.0. The molecule has 0 N–H and O–H groups in total. The van der Waals surface area contributed by atoms with E-state index in [1.807, 2.05) is 0 Å². The van der Waals surface area contributed by atoms with Gasteiger partial charge in [-0.1, -0.05) is 118 Å². The SMILES string of the molecule is CC(C)(C)CC(c1ccc(C[N+]2(C)CCC(C)(C)CC2)cc1)C(CC(C)(C)C)c1ccc(C[N+]2(C)CCC(C)(C)CC2)cc1. The van der Waals surface area contributed by atoms with Gasteiger partial charge in [-0.3, -0.25) is 0 Å². The summed E-state index contributed by atoms with van der Waals surface area (Å²) in [6.45, 7) is 31.8. The van der Waals surface area contributed by atoms with E-state index in [4.69, 9.17) is 0 Å². The highest BCUT2D eigenvalue weighted by atomic mass is 15.3. The molecule has 0 radical (unpaired) electrons. The van der Waals surface area contributed by atoms with Gasteiger partial charge in [0.15, 0.2) is 0 Å². The summed E-state index contributed by atoms with van der Waals surface area (Å²) in [4.78, 5) is 0. The largest absolute Gasteiger partial charge is 0.322 e. The Morgan fingerprint density at radius 2 is 0.795 bits per heavy atom. The van der Waals surface area contributed by atoms with Crippen molar-refractivity contribution in [1.29, 1.82) is 0 Å². The molecule has 44 heavy (non-hydrogen) atoms. The van der Waals surface area contributed by atoms with Crippen LogP contribution in [0.5, 0.6) is 0 Å².